The zero-order valence-electron chi connectivity index (χ0n) is 9.58. The van der Waals surface area contributed by atoms with Gasteiger partial charge in [0.05, 0.1) is 13.2 Å². The zero-order valence-corrected chi connectivity index (χ0v) is 9.58. The van der Waals surface area contributed by atoms with Crippen molar-refractivity contribution in [1.82, 2.24) is 5.32 Å². The van der Waals surface area contributed by atoms with Crippen LogP contribution in [0.25, 0.3) is 0 Å². The second-order valence-corrected chi connectivity index (χ2v) is 5.02. The van der Waals surface area contributed by atoms with Gasteiger partial charge in [0.2, 0.25) is 0 Å². The number of nitrogens with two attached hydrogens (primary N) is 1. The van der Waals surface area contributed by atoms with Crippen molar-refractivity contribution in [3.63, 3.8) is 0 Å². The molecule has 2 rings (SSSR count). The van der Waals surface area contributed by atoms with E-state index in [1.54, 1.807) is 0 Å². The molecule has 1 aliphatic carbocycles. The maximum absolute atomic E-state index is 6.28. The molecule has 3 nitrogen and oxygen atoms in total. The molecule has 1 heterocycles. The fourth-order valence-electron chi connectivity index (χ4n) is 2.85. The van der Waals surface area contributed by atoms with Gasteiger partial charge in [-0.25, -0.2) is 0 Å². The smallest absolute Gasteiger partial charge is 0.0620 e. The van der Waals surface area contributed by atoms with Gasteiger partial charge >= 0.3 is 0 Å². The van der Waals surface area contributed by atoms with Gasteiger partial charge in [0, 0.05) is 18.6 Å². The second-order valence-electron chi connectivity index (χ2n) is 5.02. The minimum atomic E-state index is 0.379. The molecular weight excluding hydrogens is 188 g/mol. The maximum atomic E-state index is 6.28. The Balaban J connectivity index is 1.72. The number of hydrogen-bond donors (Lipinski definition) is 2. The van der Waals surface area contributed by atoms with Crippen LogP contribution in [0.5, 0.6) is 0 Å². The Morgan fingerprint density at radius 1 is 1.27 bits per heavy atom. The van der Waals surface area contributed by atoms with E-state index < -0.39 is 0 Å². The predicted octanol–water partition coefficient (Wildman–Crippen LogP) is 1.27. The van der Waals surface area contributed by atoms with Gasteiger partial charge < -0.3 is 15.8 Å². The average molecular weight is 212 g/mol. The van der Waals surface area contributed by atoms with E-state index in [1.165, 1.54) is 32.1 Å². The van der Waals surface area contributed by atoms with E-state index in [1.807, 2.05) is 0 Å². The highest BCUT2D eigenvalue weighted by Gasteiger charge is 2.24. The molecular formula is C12H24N2O. The molecule has 2 fully saturated rings. The van der Waals surface area contributed by atoms with Crippen LogP contribution in [-0.4, -0.2) is 31.8 Å². The van der Waals surface area contributed by atoms with Crippen LogP contribution < -0.4 is 11.1 Å². The Labute approximate surface area is 92.7 Å². The summed E-state index contributed by atoms with van der Waals surface area (Å²) in [6, 6.07) is 0.875. The van der Waals surface area contributed by atoms with Crippen molar-refractivity contribution in [2.24, 2.45) is 11.7 Å². The molecule has 1 saturated carbocycles. The Morgan fingerprint density at radius 3 is 2.73 bits per heavy atom. The third-order valence-corrected chi connectivity index (χ3v) is 3.81. The lowest BCUT2D eigenvalue weighted by Gasteiger charge is -2.32. The first-order chi connectivity index (χ1) is 7.36. The van der Waals surface area contributed by atoms with Crippen LogP contribution in [0.3, 0.4) is 0 Å². The first kappa shape index (κ1) is 11.4. The summed E-state index contributed by atoms with van der Waals surface area (Å²) >= 11 is 0. The van der Waals surface area contributed by atoms with Gasteiger partial charge in [-0.3, -0.25) is 0 Å². The Kier molecular flexibility index (Phi) is 4.42. The van der Waals surface area contributed by atoms with Gasteiger partial charge in [0.15, 0.2) is 0 Å². The molecule has 3 N–H and O–H groups in total. The van der Waals surface area contributed by atoms with Crippen LogP contribution in [0.4, 0.5) is 0 Å². The molecule has 0 radical (unpaired) electrons. The average Bonchev–Trinajstić information content (AvgIpc) is 2.31. The lowest BCUT2D eigenvalue weighted by molar-refractivity contribution is 0.0686. The molecule has 1 saturated heterocycles. The van der Waals surface area contributed by atoms with Crippen molar-refractivity contribution in [3.05, 3.63) is 0 Å². The maximum Gasteiger partial charge on any atom is 0.0620 e. The van der Waals surface area contributed by atoms with E-state index in [0.717, 1.165) is 32.1 Å². The normalized spacial score (nSPS) is 31.4. The Bertz CT molecular complexity index is 174. The van der Waals surface area contributed by atoms with Crippen LogP contribution in [-0.2, 0) is 4.74 Å². The second kappa shape index (κ2) is 5.83. The summed E-state index contributed by atoms with van der Waals surface area (Å²) in [5.41, 5.74) is 6.28. The Hall–Kier alpha value is -0.120. The number of rotatable bonds is 3. The molecule has 15 heavy (non-hydrogen) atoms. The number of morpholine rings is 1. The van der Waals surface area contributed by atoms with Crippen molar-refractivity contribution in [1.29, 1.82) is 0 Å². The first-order valence-electron chi connectivity index (χ1n) is 6.43. The van der Waals surface area contributed by atoms with Gasteiger partial charge in [-0.05, 0) is 25.2 Å². The summed E-state index contributed by atoms with van der Waals surface area (Å²) in [6.45, 7) is 2.69. The third kappa shape index (κ3) is 3.44. The summed E-state index contributed by atoms with van der Waals surface area (Å²) in [4.78, 5) is 0. The highest BCUT2D eigenvalue weighted by atomic mass is 16.5. The van der Waals surface area contributed by atoms with Gasteiger partial charge in [-0.1, -0.05) is 19.3 Å². The molecule has 2 aliphatic rings. The number of hydrogen-bond acceptors (Lipinski definition) is 3. The lowest BCUT2D eigenvalue weighted by atomic mass is 9.82. The van der Waals surface area contributed by atoms with Crippen molar-refractivity contribution >= 4 is 0 Å². The minimum Gasteiger partial charge on any atom is -0.379 e. The van der Waals surface area contributed by atoms with Crippen LogP contribution in [0.2, 0.25) is 0 Å². The topological polar surface area (TPSA) is 47.3 Å². The van der Waals surface area contributed by atoms with E-state index >= 15 is 0 Å². The molecule has 0 aromatic carbocycles. The van der Waals surface area contributed by atoms with E-state index in [0.29, 0.717) is 12.1 Å². The molecule has 1 aliphatic heterocycles. The molecule has 3 heteroatoms. The summed E-state index contributed by atoms with van der Waals surface area (Å²) in [5, 5.41) is 3.48. The van der Waals surface area contributed by atoms with Crippen LogP contribution in [0, 0.1) is 5.92 Å². The third-order valence-electron chi connectivity index (χ3n) is 3.81. The van der Waals surface area contributed by atoms with E-state index in [2.05, 4.69) is 5.32 Å². The quantitative estimate of drug-likeness (QED) is 0.740. The van der Waals surface area contributed by atoms with Gasteiger partial charge in [0.25, 0.3) is 0 Å². The lowest BCUT2D eigenvalue weighted by Crippen LogP contribution is -2.46. The van der Waals surface area contributed by atoms with Gasteiger partial charge in [0.1, 0.15) is 0 Å². The molecule has 0 amide bonds. The fraction of sp³-hybridized carbons (Fsp3) is 1.00. The van der Waals surface area contributed by atoms with Crippen LogP contribution >= 0.6 is 0 Å². The number of ether oxygens (including phenoxy) is 1. The number of nitrogens with one attached hydrogen (secondary N) is 1. The summed E-state index contributed by atoms with van der Waals surface area (Å²) in [6.07, 6.45) is 7.95. The summed E-state index contributed by atoms with van der Waals surface area (Å²) < 4.78 is 5.45. The van der Waals surface area contributed by atoms with Crippen molar-refractivity contribution in [2.45, 2.75) is 50.6 Å². The predicted molar refractivity (Wildman–Crippen MR) is 61.8 cm³/mol. The molecule has 2 atom stereocenters. The molecule has 88 valence electrons. The summed E-state index contributed by atoms with van der Waals surface area (Å²) in [7, 11) is 0. The molecule has 0 aromatic rings. The Morgan fingerprint density at radius 2 is 2.07 bits per heavy atom. The fourth-order valence-corrected chi connectivity index (χ4v) is 2.85. The van der Waals surface area contributed by atoms with Crippen LogP contribution in [0.15, 0.2) is 0 Å². The van der Waals surface area contributed by atoms with Crippen molar-refractivity contribution in [3.8, 4) is 0 Å². The minimum absolute atomic E-state index is 0.379. The summed E-state index contributed by atoms with van der Waals surface area (Å²) in [5.74, 6) is 0.766. The van der Waals surface area contributed by atoms with Crippen molar-refractivity contribution in [2.75, 3.05) is 19.8 Å². The molecule has 2 unspecified atom stereocenters. The van der Waals surface area contributed by atoms with E-state index in [-0.39, 0.29) is 0 Å². The zero-order chi connectivity index (χ0) is 10.5. The molecule has 0 bridgehead atoms. The molecule has 0 aromatic heterocycles. The first-order valence-corrected chi connectivity index (χ1v) is 6.43. The molecule has 0 spiro atoms. The van der Waals surface area contributed by atoms with Crippen molar-refractivity contribution < 1.29 is 4.74 Å². The van der Waals surface area contributed by atoms with Gasteiger partial charge in [-0.2, -0.15) is 0 Å². The SMILES string of the molecule is NC(CC1COCCN1)C1CCCCC1. The highest BCUT2D eigenvalue weighted by molar-refractivity contribution is 4.82. The van der Waals surface area contributed by atoms with E-state index in [4.69, 9.17) is 10.5 Å². The van der Waals surface area contributed by atoms with E-state index in [9.17, 15) is 0 Å². The monoisotopic (exact) mass is 212 g/mol. The highest BCUT2D eigenvalue weighted by Crippen LogP contribution is 2.27. The van der Waals surface area contributed by atoms with Gasteiger partial charge in [-0.15, -0.1) is 0 Å². The van der Waals surface area contributed by atoms with Crippen LogP contribution in [0.1, 0.15) is 38.5 Å². The largest absolute Gasteiger partial charge is 0.379 e. The standard InChI is InChI=1S/C12H24N2O/c13-12(10-4-2-1-3-5-10)8-11-9-15-7-6-14-11/h10-12,14H,1-9,13H2.